The molecule has 1 amide bonds. The van der Waals surface area contributed by atoms with Gasteiger partial charge in [-0.1, -0.05) is 30.7 Å². The summed E-state index contributed by atoms with van der Waals surface area (Å²) in [6.45, 7) is 5.40. The lowest BCUT2D eigenvalue weighted by molar-refractivity contribution is -0.132. The predicted octanol–water partition coefficient (Wildman–Crippen LogP) is 4.42. The van der Waals surface area contributed by atoms with Crippen LogP contribution in [-0.4, -0.2) is 54.2 Å². The van der Waals surface area contributed by atoms with Crippen molar-refractivity contribution in [3.8, 4) is 0 Å². The molecule has 0 aromatic heterocycles. The lowest BCUT2D eigenvalue weighted by Crippen LogP contribution is -2.51. The second-order valence-corrected chi connectivity index (χ2v) is 9.94. The highest BCUT2D eigenvalue weighted by Gasteiger charge is 2.34. The van der Waals surface area contributed by atoms with E-state index in [1.807, 2.05) is 18.9 Å². The molecule has 2 aliphatic heterocycles. The number of Topliss-reactive ketones (excluding diaryl/α,β-unsaturated/α-hetero) is 1. The van der Waals surface area contributed by atoms with Gasteiger partial charge < -0.3 is 9.80 Å². The predicted molar refractivity (Wildman–Crippen MR) is 120 cm³/mol. The molecule has 3 fully saturated rings. The minimum atomic E-state index is -0.122. The molecule has 0 N–H and O–H groups in total. The van der Waals surface area contributed by atoms with Gasteiger partial charge in [-0.3, -0.25) is 9.59 Å². The Labute approximate surface area is 182 Å². The molecule has 4 nitrogen and oxygen atoms in total. The van der Waals surface area contributed by atoms with Crippen LogP contribution in [0.4, 0.5) is 0 Å². The first kappa shape index (κ1) is 21.5. The van der Waals surface area contributed by atoms with Crippen molar-refractivity contribution in [3.05, 3.63) is 35.4 Å². The van der Waals surface area contributed by atoms with E-state index in [2.05, 4.69) is 29.2 Å². The molecule has 1 aromatic carbocycles. The second-order valence-electron chi connectivity index (χ2n) is 9.94. The van der Waals surface area contributed by atoms with Gasteiger partial charge in [0.2, 0.25) is 5.91 Å². The number of hydrogen-bond donors (Lipinski definition) is 0. The number of ketones is 1. The van der Waals surface area contributed by atoms with Gasteiger partial charge in [-0.2, -0.15) is 0 Å². The summed E-state index contributed by atoms with van der Waals surface area (Å²) in [4.78, 5) is 29.7. The Kier molecular flexibility index (Phi) is 6.92. The summed E-state index contributed by atoms with van der Waals surface area (Å²) in [5.41, 5.74) is 2.29. The van der Waals surface area contributed by atoms with Gasteiger partial charge in [0.25, 0.3) is 0 Å². The zero-order valence-electron chi connectivity index (χ0n) is 18.8. The van der Waals surface area contributed by atoms with Crippen molar-refractivity contribution in [3.63, 3.8) is 0 Å². The van der Waals surface area contributed by atoms with Crippen LogP contribution in [0.15, 0.2) is 24.3 Å². The summed E-state index contributed by atoms with van der Waals surface area (Å²) >= 11 is 0. The van der Waals surface area contributed by atoms with Crippen molar-refractivity contribution in [2.75, 3.05) is 26.7 Å². The van der Waals surface area contributed by atoms with E-state index < -0.39 is 0 Å². The van der Waals surface area contributed by atoms with E-state index in [0.717, 1.165) is 37.8 Å². The van der Waals surface area contributed by atoms with Crippen molar-refractivity contribution in [2.24, 2.45) is 11.8 Å². The van der Waals surface area contributed by atoms with Crippen LogP contribution in [0.5, 0.6) is 0 Å². The monoisotopic (exact) mass is 410 g/mol. The highest BCUT2D eigenvalue weighted by atomic mass is 16.2. The summed E-state index contributed by atoms with van der Waals surface area (Å²) in [6.07, 6.45) is 10.2. The maximum Gasteiger partial charge on any atom is 0.229 e. The Hall–Kier alpha value is -1.68. The van der Waals surface area contributed by atoms with Gasteiger partial charge in [0.1, 0.15) is 5.78 Å². The molecule has 1 aromatic rings. The fourth-order valence-corrected chi connectivity index (χ4v) is 6.04. The first-order chi connectivity index (χ1) is 14.5. The number of rotatable bonds is 6. The van der Waals surface area contributed by atoms with Crippen LogP contribution in [-0.2, 0) is 16.0 Å². The maximum atomic E-state index is 13.2. The Morgan fingerprint density at radius 3 is 2.57 bits per heavy atom. The van der Waals surface area contributed by atoms with Crippen LogP contribution >= 0.6 is 0 Å². The minimum absolute atomic E-state index is 0.122. The number of benzene rings is 1. The zero-order chi connectivity index (χ0) is 21.1. The largest absolute Gasteiger partial charge is 0.345 e. The third-order valence-electron chi connectivity index (χ3n) is 7.88. The van der Waals surface area contributed by atoms with E-state index in [0.29, 0.717) is 17.7 Å². The number of amides is 1. The average molecular weight is 411 g/mol. The molecule has 1 saturated carbocycles. The van der Waals surface area contributed by atoms with Gasteiger partial charge in [-0.05, 0) is 82.0 Å². The summed E-state index contributed by atoms with van der Waals surface area (Å²) in [6, 6.07) is 9.09. The quantitative estimate of drug-likeness (QED) is 0.697. The maximum absolute atomic E-state index is 13.2. The molecule has 4 atom stereocenters. The van der Waals surface area contributed by atoms with E-state index in [9.17, 15) is 9.59 Å². The summed E-state index contributed by atoms with van der Waals surface area (Å²) < 4.78 is 0. The molecule has 4 rings (SSSR count). The Morgan fingerprint density at radius 2 is 1.83 bits per heavy atom. The molecular formula is C26H38N2O2. The molecule has 2 heterocycles. The molecule has 1 aliphatic carbocycles. The molecule has 0 spiro atoms. The molecule has 4 heteroatoms. The summed E-state index contributed by atoms with van der Waals surface area (Å²) in [7, 11) is 1.99. The van der Waals surface area contributed by atoms with Crippen molar-refractivity contribution in [1.82, 2.24) is 9.80 Å². The SMILES string of the molecule is CC(C(=O)N(C)CC1CCCN2CCCCC12)c1ccc(CC2CCCC2=O)cc1. The van der Waals surface area contributed by atoms with E-state index in [1.165, 1.54) is 50.8 Å². The van der Waals surface area contributed by atoms with Crippen molar-refractivity contribution in [2.45, 2.75) is 76.7 Å². The van der Waals surface area contributed by atoms with Crippen molar-refractivity contribution < 1.29 is 9.59 Å². The first-order valence-electron chi connectivity index (χ1n) is 12.1. The van der Waals surface area contributed by atoms with Crippen LogP contribution in [0.1, 0.15) is 75.3 Å². The van der Waals surface area contributed by atoms with Crippen LogP contribution in [0, 0.1) is 11.8 Å². The molecular weight excluding hydrogens is 372 g/mol. The number of likely N-dealkylation sites (N-methyl/N-ethyl adjacent to an activating group) is 1. The van der Waals surface area contributed by atoms with Gasteiger partial charge >= 0.3 is 0 Å². The summed E-state index contributed by atoms with van der Waals surface area (Å²) in [5.74, 6) is 1.34. The van der Waals surface area contributed by atoms with E-state index in [-0.39, 0.29) is 17.7 Å². The molecule has 30 heavy (non-hydrogen) atoms. The zero-order valence-corrected chi connectivity index (χ0v) is 18.8. The average Bonchev–Trinajstić information content (AvgIpc) is 3.17. The fourth-order valence-electron chi connectivity index (χ4n) is 6.04. The fraction of sp³-hybridized carbons (Fsp3) is 0.692. The van der Waals surface area contributed by atoms with Crippen molar-refractivity contribution >= 4 is 11.7 Å². The first-order valence-corrected chi connectivity index (χ1v) is 12.1. The lowest BCUT2D eigenvalue weighted by atomic mass is 9.83. The molecule has 0 radical (unpaired) electrons. The number of nitrogens with zero attached hydrogens (tertiary/aromatic N) is 2. The highest BCUT2D eigenvalue weighted by molar-refractivity contribution is 5.83. The number of carbonyl (C=O) groups excluding carboxylic acids is 2. The summed E-state index contributed by atoms with van der Waals surface area (Å²) in [5, 5.41) is 0. The Balaban J connectivity index is 1.33. The molecule has 4 unspecified atom stereocenters. The Bertz CT molecular complexity index is 742. The van der Waals surface area contributed by atoms with Gasteiger partial charge in [0, 0.05) is 32.0 Å². The third-order valence-corrected chi connectivity index (χ3v) is 7.88. The van der Waals surface area contributed by atoms with Gasteiger partial charge in [0.15, 0.2) is 0 Å². The highest BCUT2D eigenvalue weighted by Crippen LogP contribution is 2.32. The smallest absolute Gasteiger partial charge is 0.229 e. The number of fused-ring (bicyclic) bond motifs is 1. The van der Waals surface area contributed by atoms with Gasteiger partial charge in [-0.15, -0.1) is 0 Å². The van der Waals surface area contributed by atoms with Crippen LogP contribution in [0.3, 0.4) is 0 Å². The topological polar surface area (TPSA) is 40.6 Å². The number of piperidine rings is 2. The number of hydrogen-bond acceptors (Lipinski definition) is 3. The van der Waals surface area contributed by atoms with Crippen molar-refractivity contribution in [1.29, 1.82) is 0 Å². The normalized spacial score (nSPS) is 28.2. The number of carbonyl (C=O) groups is 2. The standard InChI is InChI=1S/C26H38N2O2/c1-19(21-13-11-20(12-14-21)17-22-7-5-10-25(22)29)26(30)27(2)18-23-8-6-16-28-15-4-3-9-24(23)28/h11-14,19,22-24H,3-10,15-18H2,1-2H3. The minimum Gasteiger partial charge on any atom is -0.345 e. The second kappa shape index (κ2) is 9.64. The van der Waals surface area contributed by atoms with Gasteiger partial charge in [-0.25, -0.2) is 0 Å². The van der Waals surface area contributed by atoms with E-state index in [1.54, 1.807) is 0 Å². The lowest BCUT2D eigenvalue weighted by Gasteiger charge is -2.45. The van der Waals surface area contributed by atoms with Crippen LogP contribution in [0.25, 0.3) is 0 Å². The van der Waals surface area contributed by atoms with Crippen LogP contribution < -0.4 is 0 Å². The molecule has 164 valence electrons. The third kappa shape index (κ3) is 4.80. The molecule has 2 saturated heterocycles. The molecule has 3 aliphatic rings. The van der Waals surface area contributed by atoms with E-state index in [4.69, 9.17) is 0 Å². The van der Waals surface area contributed by atoms with Crippen LogP contribution in [0.2, 0.25) is 0 Å². The molecule has 0 bridgehead atoms. The van der Waals surface area contributed by atoms with Gasteiger partial charge in [0.05, 0.1) is 5.92 Å². The Morgan fingerprint density at radius 1 is 1.07 bits per heavy atom. The van der Waals surface area contributed by atoms with E-state index >= 15 is 0 Å².